The van der Waals surface area contributed by atoms with Crippen molar-refractivity contribution in [1.82, 2.24) is 4.90 Å². The van der Waals surface area contributed by atoms with Gasteiger partial charge in [-0.3, -0.25) is 14.5 Å². The summed E-state index contributed by atoms with van der Waals surface area (Å²) in [5.74, 6) is -0.847. The Morgan fingerprint density at radius 3 is 2.69 bits per heavy atom. The molecule has 1 saturated heterocycles. The lowest BCUT2D eigenvalue weighted by molar-refractivity contribution is -0.137. The molecule has 0 atom stereocenters. The molecule has 0 radical (unpaired) electrons. The van der Waals surface area contributed by atoms with E-state index in [1.165, 1.54) is 11.8 Å². The lowest BCUT2D eigenvalue weighted by atomic mass is 10.0. The van der Waals surface area contributed by atoms with Crippen molar-refractivity contribution in [2.75, 3.05) is 6.54 Å². The van der Waals surface area contributed by atoms with Crippen LogP contribution in [0.3, 0.4) is 0 Å². The van der Waals surface area contributed by atoms with Crippen molar-refractivity contribution < 1.29 is 14.7 Å². The Hall–Kier alpha value is -2.18. The van der Waals surface area contributed by atoms with Gasteiger partial charge in [-0.25, -0.2) is 0 Å². The summed E-state index contributed by atoms with van der Waals surface area (Å²) in [5.41, 5.74) is 1.00. The van der Waals surface area contributed by atoms with E-state index in [0.29, 0.717) is 22.2 Å². The van der Waals surface area contributed by atoms with E-state index < -0.39 is 5.97 Å². The van der Waals surface area contributed by atoms with Gasteiger partial charge in [0.25, 0.3) is 5.91 Å². The number of rotatable bonds is 7. The Balaban J connectivity index is 1.70. The Bertz CT molecular complexity index is 886. The SMILES string of the molecule is O=C(O)CCCCCN1C(=O)/C(=C\c2cccc3ccccc23)SC1=S. The summed E-state index contributed by atoms with van der Waals surface area (Å²) in [6, 6.07) is 14.1. The van der Waals surface area contributed by atoms with E-state index in [1.807, 2.05) is 36.4 Å². The standard InChI is InChI=1S/C20H19NO3S2/c22-18(23)11-2-1-5-12-21-19(24)17(26-20(21)25)13-15-9-6-8-14-7-3-4-10-16(14)15/h3-4,6-10,13H,1-2,5,11-12H2,(H,22,23)/b17-13+. The molecule has 26 heavy (non-hydrogen) atoms. The van der Waals surface area contributed by atoms with Crippen molar-refractivity contribution in [2.45, 2.75) is 25.7 Å². The number of aliphatic carboxylic acids is 1. The summed E-state index contributed by atoms with van der Waals surface area (Å²) >= 11 is 6.69. The van der Waals surface area contributed by atoms with Crippen LogP contribution in [-0.2, 0) is 9.59 Å². The number of hydrogen-bond acceptors (Lipinski definition) is 4. The average Bonchev–Trinajstić information content (AvgIpc) is 2.89. The fraction of sp³-hybridized carbons (Fsp3) is 0.250. The summed E-state index contributed by atoms with van der Waals surface area (Å²) in [6.07, 6.45) is 4.22. The molecule has 3 rings (SSSR count). The summed E-state index contributed by atoms with van der Waals surface area (Å²) in [5, 5.41) is 10.9. The number of amides is 1. The van der Waals surface area contributed by atoms with Gasteiger partial charge in [-0.15, -0.1) is 0 Å². The molecule has 0 saturated carbocycles. The van der Waals surface area contributed by atoms with Gasteiger partial charge in [0.05, 0.1) is 4.91 Å². The van der Waals surface area contributed by atoms with Crippen LogP contribution in [-0.4, -0.2) is 32.7 Å². The van der Waals surface area contributed by atoms with Crippen molar-refractivity contribution in [3.8, 4) is 0 Å². The minimum Gasteiger partial charge on any atom is -0.481 e. The summed E-state index contributed by atoms with van der Waals surface area (Å²) in [7, 11) is 0. The zero-order valence-corrected chi connectivity index (χ0v) is 15.8. The van der Waals surface area contributed by atoms with Gasteiger partial charge < -0.3 is 5.11 Å². The third-order valence-electron chi connectivity index (χ3n) is 4.26. The number of unbranched alkanes of at least 4 members (excludes halogenated alkanes) is 2. The van der Waals surface area contributed by atoms with Gasteiger partial charge >= 0.3 is 5.97 Å². The van der Waals surface area contributed by atoms with E-state index in [4.69, 9.17) is 17.3 Å². The smallest absolute Gasteiger partial charge is 0.303 e. The molecule has 1 amide bonds. The largest absolute Gasteiger partial charge is 0.481 e. The van der Waals surface area contributed by atoms with E-state index in [9.17, 15) is 9.59 Å². The molecule has 1 aliphatic rings. The third-order valence-corrected chi connectivity index (χ3v) is 5.63. The molecule has 2 aromatic rings. The van der Waals surface area contributed by atoms with Crippen LogP contribution in [0.15, 0.2) is 47.4 Å². The number of carbonyl (C=O) groups excluding carboxylic acids is 1. The first-order chi connectivity index (χ1) is 12.6. The number of carbonyl (C=O) groups is 2. The molecule has 2 aromatic carbocycles. The zero-order valence-electron chi connectivity index (χ0n) is 14.2. The molecule has 1 N–H and O–H groups in total. The van der Waals surface area contributed by atoms with E-state index in [-0.39, 0.29) is 12.3 Å². The van der Waals surface area contributed by atoms with E-state index in [0.717, 1.165) is 29.2 Å². The van der Waals surface area contributed by atoms with Crippen molar-refractivity contribution in [1.29, 1.82) is 0 Å². The molecule has 6 heteroatoms. The number of thioether (sulfide) groups is 1. The number of fused-ring (bicyclic) bond motifs is 1. The van der Waals surface area contributed by atoms with Crippen LogP contribution in [0.25, 0.3) is 16.8 Å². The quantitative estimate of drug-likeness (QED) is 0.426. The molecular formula is C20H19NO3S2. The molecule has 0 spiro atoms. The maximum Gasteiger partial charge on any atom is 0.303 e. The Kier molecular flexibility index (Phi) is 6.06. The first-order valence-corrected chi connectivity index (χ1v) is 9.73. The summed E-state index contributed by atoms with van der Waals surface area (Å²) in [4.78, 5) is 25.5. The number of hydrogen-bond donors (Lipinski definition) is 1. The average molecular weight is 386 g/mol. The predicted molar refractivity (Wildman–Crippen MR) is 110 cm³/mol. The van der Waals surface area contributed by atoms with E-state index in [2.05, 4.69) is 12.1 Å². The molecule has 0 aliphatic carbocycles. The van der Waals surface area contributed by atoms with Crippen molar-refractivity contribution in [3.63, 3.8) is 0 Å². The summed E-state index contributed by atoms with van der Waals surface area (Å²) < 4.78 is 0.569. The predicted octanol–water partition coefficient (Wildman–Crippen LogP) is 4.69. The fourth-order valence-electron chi connectivity index (χ4n) is 2.93. The minimum absolute atomic E-state index is 0.0637. The highest BCUT2D eigenvalue weighted by Gasteiger charge is 2.31. The molecule has 4 nitrogen and oxygen atoms in total. The lowest BCUT2D eigenvalue weighted by Gasteiger charge is -2.13. The number of thiocarbonyl (C=S) groups is 1. The third kappa shape index (κ3) is 4.31. The molecule has 1 heterocycles. The van der Waals surface area contributed by atoms with Crippen LogP contribution in [0.1, 0.15) is 31.2 Å². The molecule has 1 aliphatic heterocycles. The molecule has 1 fully saturated rings. The van der Waals surface area contributed by atoms with Crippen molar-refractivity contribution in [3.05, 3.63) is 52.9 Å². The topological polar surface area (TPSA) is 57.6 Å². The molecular weight excluding hydrogens is 366 g/mol. The first-order valence-electron chi connectivity index (χ1n) is 8.51. The minimum atomic E-state index is -0.784. The van der Waals surface area contributed by atoms with Gasteiger partial charge in [0.15, 0.2) is 0 Å². The Morgan fingerprint density at radius 1 is 1.12 bits per heavy atom. The van der Waals surface area contributed by atoms with Gasteiger partial charge in [-0.2, -0.15) is 0 Å². The van der Waals surface area contributed by atoms with Gasteiger partial charge in [0.1, 0.15) is 4.32 Å². The number of carboxylic acid groups (broad SMARTS) is 1. The van der Waals surface area contributed by atoms with E-state index >= 15 is 0 Å². The van der Waals surface area contributed by atoms with Gasteiger partial charge in [0, 0.05) is 13.0 Å². The molecule has 0 unspecified atom stereocenters. The van der Waals surface area contributed by atoms with Crippen LogP contribution < -0.4 is 0 Å². The van der Waals surface area contributed by atoms with Crippen LogP contribution in [0.2, 0.25) is 0 Å². The molecule has 0 aromatic heterocycles. The Labute approximate surface area is 161 Å². The van der Waals surface area contributed by atoms with Crippen LogP contribution in [0.4, 0.5) is 0 Å². The number of benzene rings is 2. The normalized spacial score (nSPS) is 16.0. The highest BCUT2D eigenvalue weighted by Crippen LogP contribution is 2.34. The second-order valence-corrected chi connectivity index (χ2v) is 7.78. The van der Waals surface area contributed by atoms with Crippen molar-refractivity contribution >= 4 is 57.0 Å². The van der Waals surface area contributed by atoms with E-state index in [1.54, 1.807) is 4.90 Å². The first kappa shape index (κ1) is 18.6. The zero-order chi connectivity index (χ0) is 18.5. The molecule has 134 valence electrons. The van der Waals surface area contributed by atoms with Crippen LogP contribution in [0, 0.1) is 0 Å². The number of nitrogens with zero attached hydrogens (tertiary/aromatic N) is 1. The van der Waals surface area contributed by atoms with Crippen LogP contribution >= 0.6 is 24.0 Å². The maximum atomic E-state index is 12.7. The van der Waals surface area contributed by atoms with Crippen molar-refractivity contribution in [2.24, 2.45) is 0 Å². The van der Waals surface area contributed by atoms with Gasteiger partial charge in [-0.1, -0.05) is 72.9 Å². The number of carboxylic acids is 1. The monoisotopic (exact) mass is 385 g/mol. The fourth-order valence-corrected chi connectivity index (χ4v) is 4.23. The second-order valence-electron chi connectivity index (χ2n) is 6.11. The van der Waals surface area contributed by atoms with Crippen LogP contribution in [0.5, 0.6) is 0 Å². The maximum absolute atomic E-state index is 12.7. The Morgan fingerprint density at radius 2 is 1.88 bits per heavy atom. The molecule has 0 bridgehead atoms. The van der Waals surface area contributed by atoms with Gasteiger partial charge in [0.2, 0.25) is 0 Å². The highest BCUT2D eigenvalue weighted by molar-refractivity contribution is 8.26. The summed E-state index contributed by atoms with van der Waals surface area (Å²) in [6.45, 7) is 0.539. The second kappa shape index (κ2) is 8.47. The van der Waals surface area contributed by atoms with Gasteiger partial charge in [-0.05, 0) is 35.3 Å². The lowest BCUT2D eigenvalue weighted by Crippen LogP contribution is -2.29. The highest BCUT2D eigenvalue weighted by atomic mass is 32.2.